The van der Waals surface area contributed by atoms with Crippen molar-refractivity contribution in [3.8, 4) is 22.9 Å². The minimum atomic E-state index is -2.87. The molecule has 0 atom stereocenters. The van der Waals surface area contributed by atoms with Gasteiger partial charge in [0.1, 0.15) is 0 Å². The van der Waals surface area contributed by atoms with Gasteiger partial charge in [-0.1, -0.05) is 94.2 Å². The topological polar surface area (TPSA) is 40.5 Å². The Morgan fingerprint density at radius 1 is 0.458 bits per heavy atom. The van der Waals surface area contributed by atoms with Crippen LogP contribution in [-0.4, -0.2) is 26.2 Å². The molecule has 4 heteroatoms. The molecule has 0 aliphatic rings. The van der Waals surface area contributed by atoms with E-state index < -0.39 is 16.6 Å². The molecule has 0 amide bonds. The van der Waals surface area contributed by atoms with Crippen LogP contribution < -0.4 is 0 Å². The molecule has 0 aliphatic carbocycles. The Kier molecular flexibility index (Phi) is 6.50. The molecule has 0 fully saturated rings. The molecule has 0 radical (unpaired) electrons. The Morgan fingerprint density at radius 3 is 0.750 bits per heavy atom. The van der Waals surface area contributed by atoms with Crippen molar-refractivity contribution < 1.29 is 9.59 Å². The number of hydrogen-bond donors (Lipinski definition) is 2. The smallest absolute Gasteiger partial charge is 0.281 e. The summed E-state index contributed by atoms with van der Waals surface area (Å²) in [6.07, 6.45) is 0. The molecule has 0 saturated carbocycles. The van der Waals surface area contributed by atoms with Gasteiger partial charge in [0.15, 0.2) is 0 Å². The number of rotatable bonds is 0. The molecule has 138 valence electrons. The average molecular weight is 367 g/mol. The van der Waals surface area contributed by atoms with Gasteiger partial charge in [-0.05, 0) is 32.0 Å². The van der Waals surface area contributed by atoms with Gasteiger partial charge in [0, 0.05) is 0 Å². The molecule has 0 unspecified atom stereocenters. The van der Waals surface area contributed by atoms with E-state index in [1.54, 1.807) is 0 Å². The summed E-state index contributed by atoms with van der Waals surface area (Å²) < 4.78 is 0. The van der Waals surface area contributed by atoms with Gasteiger partial charge in [0.2, 0.25) is 0 Å². The maximum Gasteiger partial charge on any atom is 0.281 e. The molecule has 0 saturated heterocycles. The third-order valence-electron chi connectivity index (χ3n) is 4.89. The zero-order valence-electron chi connectivity index (χ0n) is 17.9. The van der Waals surface area contributed by atoms with Crippen molar-refractivity contribution in [3.63, 3.8) is 0 Å². The lowest BCUT2D eigenvalue weighted by Gasteiger charge is -2.43. The molecule has 0 rings (SSSR count). The second-order valence-electron chi connectivity index (χ2n) is 10.9. The predicted molar refractivity (Wildman–Crippen MR) is 110 cm³/mol. The fourth-order valence-electron chi connectivity index (χ4n) is 3.24. The van der Waals surface area contributed by atoms with Gasteiger partial charge in [0.05, 0.1) is 0 Å². The second-order valence-corrected chi connectivity index (χ2v) is 20.3. The van der Waals surface area contributed by atoms with Crippen LogP contribution in [0, 0.1) is 22.9 Å². The summed E-state index contributed by atoms with van der Waals surface area (Å²) in [5.74, 6) is 5.83. The van der Waals surface area contributed by atoms with Gasteiger partial charge in [0.25, 0.3) is 16.6 Å². The van der Waals surface area contributed by atoms with E-state index in [4.69, 9.17) is 0 Å². The van der Waals surface area contributed by atoms with Crippen LogP contribution >= 0.6 is 0 Å². The molecule has 0 aromatic heterocycles. The summed E-state index contributed by atoms with van der Waals surface area (Å²) in [7, 11) is -5.74. The first-order chi connectivity index (χ1) is 10.2. The van der Waals surface area contributed by atoms with E-state index in [0.717, 1.165) is 0 Å². The lowest BCUT2D eigenvalue weighted by atomic mass is 10.2. The summed E-state index contributed by atoms with van der Waals surface area (Å²) in [4.78, 5) is 22.6. The van der Waals surface area contributed by atoms with Gasteiger partial charge in [-0.15, -0.1) is 0 Å². The highest BCUT2D eigenvalue weighted by Crippen LogP contribution is 2.49. The Morgan fingerprint density at radius 2 is 0.625 bits per heavy atom. The quantitative estimate of drug-likeness (QED) is 0.460. The molecular weight excluding hydrogens is 328 g/mol. The van der Waals surface area contributed by atoms with Crippen LogP contribution in [0.3, 0.4) is 0 Å². The Labute approximate surface area is 152 Å². The van der Waals surface area contributed by atoms with E-state index in [0.29, 0.717) is 0 Å². The van der Waals surface area contributed by atoms with E-state index >= 15 is 0 Å². The van der Waals surface area contributed by atoms with Crippen molar-refractivity contribution in [3.05, 3.63) is 0 Å². The first-order valence-electron chi connectivity index (χ1n) is 8.70. The average Bonchev–Trinajstić information content (AvgIpc) is 2.28. The van der Waals surface area contributed by atoms with Crippen molar-refractivity contribution in [1.82, 2.24) is 0 Å². The second kappa shape index (κ2) is 6.65. The molecule has 0 aromatic carbocycles. The molecule has 0 aliphatic heterocycles. The first-order valence-corrected chi connectivity index (χ1v) is 12.6. The van der Waals surface area contributed by atoms with Crippen LogP contribution in [0.15, 0.2) is 0 Å². The zero-order valence-corrected chi connectivity index (χ0v) is 19.9. The standard InChI is InChI=1S/C20H38O2Si2/c1-17(2,3)23(21,18(4,5)6)15-13-14-16-24(22,19(7,8)9)20(10,11)12/h21-22H,1-12H3. The first kappa shape index (κ1) is 23.5. The minimum absolute atomic E-state index is 0.262. The van der Waals surface area contributed by atoms with Crippen LogP contribution in [0.25, 0.3) is 0 Å². The highest BCUT2D eigenvalue weighted by atomic mass is 28.4. The van der Waals surface area contributed by atoms with E-state index in [9.17, 15) is 9.59 Å². The highest BCUT2D eigenvalue weighted by Gasteiger charge is 2.53. The van der Waals surface area contributed by atoms with Crippen LogP contribution in [0.5, 0.6) is 0 Å². The van der Waals surface area contributed by atoms with Gasteiger partial charge in [-0.25, -0.2) is 0 Å². The Hall–Kier alpha value is -0.526. The van der Waals surface area contributed by atoms with Gasteiger partial charge in [-0.3, -0.25) is 0 Å². The zero-order chi connectivity index (χ0) is 19.8. The van der Waals surface area contributed by atoms with E-state index in [2.05, 4.69) is 22.9 Å². The molecule has 0 aromatic rings. The highest BCUT2D eigenvalue weighted by molar-refractivity contribution is 6.86. The lowest BCUT2D eigenvalue weighted by Crippen LogP contribution is -2.51. The van der Waals surface area contributed by atoms with Crippen LogP contribution in [0.1, 0.15) is 83.1 Å². The van der Waals surface area contributed by atoms with E-state index in [1.165, 1.54) is 0 Å². The van der Waals surface area contributed by atoms with Gasteiger partial charge >= 0.3 is 0 Å². The maximum atomic E-state index is 11.3. The third-order valence-corrected chi connectivity index (χ3v) is 14.5. The molecule has 0 bridgehead atoms. The molecular formula is C20H38O2Si2. The monoisotopic (exact) mass is 366 g/mol. The van der Waals surface area contributed by atoms with Crippen molar-refractivity contribution in [1.29, 1.82) is 0 Å². The van der Waals surface area contributed by atoms with Gasteiger partial charge in [-0.2, -0.15) is 0 Å². The Balaban J connectivity index is 6.05. The largest absolute Gasteiger partial charge is 0.421 e. The third kappa shape index (κ3) is 4.55. The summed E-state index contributed by atoms with van der Waals surface area (Å²) in [6.45, 7) is 24.5. The molecule has 0 heterocycles. The van der Waals surface area contributed by atoms with Crippen molar-refractivity contribution in [2.75, 3.05) is 0 Å². The minimum Gasteiger partial charge on any atom is -0.421 e. The van der Waals surface area contributed by atoms with Crippen molar-refractivity contribution in [2.45, 2.75) is 103 Å². The van der Waals surface area contributed by atoms with E-state index in [1.807, 2.05) is 83.1 Å². The normalized spacial score (nSPS) is 14.4. The summed E-state index contributed by atoms with van der Waals surface area (Å²) >= 11 is 0. The Bertz CT molecular complexity index is 489. The summed E-state index contributed by atoms with van der Waals surface area (Å²) in [5, 5.41) is -1.05. The predicted octanol–water partition coefficient (Wildman–Crippen LogP) is 5.15. The van der Waals surface area contributed by atoms with Crippen molar-refractivity contribution in [2.24, 2.45) is 0 Å². The molecule has 0 spiro atoms. The van der Waals surface area contributed by atoms with Crippen LogP contribution in [0.2, 0.25) is 20.2 Å². The lowest BCUT2D eigenvalue weighted by molar-refractivity contribution is 0.433. The van der Waals surface area contributed by atoms with Crippen molar-refractivity contribution >= 4 is 16.6 Å². The fraction of sp³-hybridized carbons (Fsp3) is 0.800. The maximum absolute atomic E-state index is 11.3. The fourth-order valence-corrected chi connectivity index (χ4v) is 9.73. The molecule has 2 nitrogen and oxygen atoms in total. The van der Waals surface area contributed by atoms with Gasteiger partial charge < -0.3 is 9.59 Å². The van der Waals surface area contributed by atoms with E-state index in [-0.39, 0.29) is 20.2 Å². The summed E-state index contributed by atoms with van der Waals surface area (Å²) in [6, 6.07) is 0. The number of hydrogen-bond acceptors (Lipinski definition) is 2. The SMILES string of the molecule is CC(C)(C)[Si](O)(C#CC#C[Si](O)(C(C)(C)C)C(C)(C)C)C(C)(C)C. The molecule has 2 N–H and O–H groups in total. The molecule has 24 heavy (non-hydrogen) atoms. The summed E-state index contributed by atoms with van der Waals surface area (Å²) in [5.41, 5.74) is 6.27. The van der Waals surface area contributed by atoms with Crippen LogP contribution in [0.4, 0.5) is 0 Å². The van der Waals surface area contributed by atoms with Crippen LogP contribution in [-0.2, 0) is 0 Å².